The molecule has 5 heteroatoms. The zero-order chi connectivity index (χ0) is 14.0. The molecule has 3 nitrogen and oxygen atoms in total. The molecule has 100 valence electrons. The molecule has 0 radical (unpaired) electrons. The summed E-state index contributed by atoms with van der Waals surface area (Å²) in [6, 6.07) is 5.40. The summed E-state index contributed by atoms with van der Waals surface area (Å²) >= 11 is 12.0. The van der Waals surface area contributed by atoms with Gasteiger partial charge in [0.15, 0.2) is 6.29 Å². The van der Waals surface area contributed by atoms with Crippen LogP contribution in [0, 0.1) is 0 Å². The second-order valence-electron chi connectivity index (χ2n) is 4.41. The van der Waals surface area contributed by atoms with Crippen molar-refractivity contribution in [1.29, 1.82) is 0 Å². The summed E-state index contributed by atoms with van der Waals surface area (Å²) in [7, 11) is 0. The van der Waals surface area contributed by atoms with E-state index in [-0.39, 0.29) is 6.04 Å². The monoisotopic (exact) mass is 296 g/mol. The van der Waals surface area contributed by atoms with Crippen LogP contribution in [0.25, 0.3) is 11.3 Å². The van der Waals surface area contributed by atoms with Crippen LogP contribution in [-0.2, 0) is 0 Å². The predicted octanol–water partition coefficient (Wildman–Crippen LogP) is 4.64. The number of hydrogen-bond donors (Lipinski definition) is 0. The van der Waals surface area contributed by atoms with E-state index in [0.29, 0.717) is 21.3 Å². The van der Waals surface area contributed by atoms with Gasteiger partial charge in [-0.2, -0.15) is 5.10 Å². The molecule has 1 aromatic heterocycles. The minimum absolute atomic E-state index is 0.235. The number of carbonyl (C=O) groups excluding carboxylic acids is 1. The third-order valence-electron chi connectivity index (χ3n) is 3.12. The molecule has 2 aromatic rings. The molecular weight excluding hydrogens is 283 g/mol. The molecule has 1 heterocycles. The van der Waals surface area contributed by atoms with Gasteiger partial charge in [0.2, 0.25) is 0 Å². The fourth-order valence-corrected chi connectivity index (χ4v) is 2.29. The van der Waals surface area contributed by atoms with E-state index in [2.05, 4.69) is 18.9 Å². The van der Waals surface area contributed by atoms with Gasteiger partial charge in [-0.1, -0.05) is 30.1 Å². The van der Waals surface area contributed by atoms with Crippen LogP contribution in [0.2, 0.25) is 10.0 Å². The Morgan fingerprint density at radius 1 is 1.42 bits per heavy atom. The molecule has 0 saturated carbocycles. The molecule has 0 N–H and O–H groups in total. The number of halogens is 2. The van der Waals surface area contributed by atoms with Gasteiger partial charge in [0, 0.05) is 22.8 Å². The Morgan fingerprint density at radius 3 is 2.74 bits per heavy atom. The smallest absolute Gasteiger partial charge is 0.153 e. The number of nitrogens with zero attached hydrogens (tertiary/aromatic N) is 2. The van der Waals surface area contributed by atoms with Gasteiger partial charge in [-0.25, -0.2) is 0 Å². The maximum absolute atomic E-state index is 11.2. The molecule has 0 spiro atoms. The summed E-state index contributed by atoms with van der Waals surface area (Å²) < 4.78 is 1.80. The Kier molecular flexibility index (Phi) is 4.27. The van der Waals surface area contributed by atoms with Gasteiger partial charge < -0.3 is 0 Å². The molecule has 0 aliphatic heterocycles. The maximum Gasteiger partial charge on any atom is 0.153 e. The van der Waals surface area contributed by atoms with Crippen LogP contribution in [0.15, 0.2) is 24.4 Å². The van der Waals surface area contributed by atoms with Gasteiger partial charge in [-0.15, -0.1) is 0 Å². The van der Waals surface area contributed by atoms with Crippen LogP contribution in [-0.4, -0.2) is 16.1 Å². The predicted molar refractivity (Wildman–Crippen MR) is 78.1 cm³/mol. The van der Waals surface area contributed by atoms with E-state index >= 15 is 0 Å². The van der Waals surface area contributed by atoms with Crippen molar-refractivity contribution < 1.29 is 4.79 Å². The third kappa shape index (κ3) is 2.82. The minimum Gasteiger partial charge on any atom is -0.298 e. The fourth-order valence-electron chi connectivity index (χ4n) is 1.80. The molecular formula is C14H14Cl2N2O. The number of carbonyl (C=O) groups is 1. The first kappa shape index (κ1) is 14.1. The average molecular weight is 297 g/mol. The van der Waals surface area contributed by atoms with Crippen molar-refractivity contribution in [3.05, 3.63) is 40.0 Å². The largest absolute Gasteiger partial charge is 0.298 e. The normalized spacial score (nSPS) is 12.4. The molecule has 2 rings (SSSR count). The van der Waals surface area contributed by atoms with Crippen LogP contribution >= 0.6 is 23.2 Å². The zero-order valence-corrected chi connectivity index (χ0v) is 12.2. The van der Waals surface area contributed by atoms with E-state index in [1.165, 1.54) is 0 Å². The van der Waals surface area contributed by atoms with Crippen LogP contribution in [0.5, 0.6) is 0 Å². The molecule has 1 aromatic carbocycles. The van der Waals surface area contributed by atoms with E-state index in [9.17, 15) is 4.79 Å². The molecule has 0 aliphatic rings. The lowest BCUT2D eigenvalue weighted by molar-refractivity contribution is 0.112. The van der Waals surface area contributed by atoms with Gasteiger partial charge in [0.25, 0.3) is 0 Å². The molecule has 0 saturated heterocycles. The molecule has 0 aliphatic carbocycles. The van der Waals surface area contributed by atoms with E-state index in [4.69, 9.17) is 23.2 Å². The highest BCUT2D eigenvalue weighted by Gasteiger charge is 2.15. The van der Waals surface area contributed by atoms with Gasteiger partial charge in [0.1, 0.15) is 5.69 Å². The summed E-state index contributed by atoms with van der Waals surface area (Å²) in [5, 5.41) is 5.52. The third-order valence-corrected chi connectivity index (χ3v) is 3.66. The number of hydrogen-bond acceptors (Lipinski definition) is 2. The molecule has 0 amide bonds. The van der Waals surface area contributed by atoms with Crippen LogP contribution in [0.3, 0.4) is 0 Å². The first-order valence-corrected chi connectivity index (χ1v) is 6.82. The van der Waals surface area contributed by atoms with Crippen molar-refractivity contribution in [3.8, 4) is 11.3 Å². The topological polar surface area (TPSA) is 34.9 Å². The number of benzene rings is 1. The van der Waals surface area contributed by atoms with Gasteiger partial charge in [-0.3, -0.25) is 9.48 Å². The van der Waals surface area contributed by atoms with Gasteiger partial charge in [-0.05, 0) is 31.5 Å². The summed E-state index contributed by atoms with van der Waals surface area (Å²) in [6.45, 7) is 4.12. The van der Waals surface area contributed by atoms with Crippen molar-refractivity contribution in [1.82, 2.24) is 9.78 Å². The highest BCUT2D eigenvalue weighted by molar-refractivity contribution is 6.36. The standard InChI is InChI=1S/C14H14Cl2N2O/c1-3-9(2)18-7-10(8-19)14(17-18)12-5-4-11(15)6-13(12)16/h4-9H,3H2,1-2H3. The Labute approximate surface area is 122 Å². The van der Waals surface area contributed by atoms with Gasteiger partial charge in [0.05, 0.1) is 10.6 Å². The van der Waals surface area contributed by atoms with E-state index in [0.717, 1.165) is 18.3 Å². The summed E-state index contributed by atoms with van der Waals surface area (Å²) in [4.78, 5) is 11.2. The Bertz CT molecular complexity index is 607. The van der Waals surface area contributed by atoms with E-state index < -0.39 is 0 Å². The molecule has 0 bridgehead atoms. The second kappa shape index (κ2) is 5.76. The Hall–Kier alpha value is -1.32. The lowest BCUT2D eigenvalue weighted by atomic mass is 10.1. The second-order valence-corrected chi connectivity index (χ2v) is 5.26. The number of aldehydes is 1. The fraction of sp³-hybridized carbons (Fsp3) is 0.286. The van der Waals surface area contributed by atoms with E-state index in [1.807, 2.05) is 0 Å². The zero-order valence-electron chi connectivity index (χ0n) is 10.7. The molecule has 19 heavy (non-hydrogen) atoms. The Balaban J connectivity index is 2.54. The van der Waals surface area contributed by atoms with Crippen LogP contribution in [0.4, 0.5) is 0 Å². The van der Waals surface area contributed by atoms with Crippen molar-refractivity contribution >= 4 is 29.5 Å². The van der Waals surface area contributed by atoms with Crippen LogP contribution < -0.4 is 0 Å². The quantitative estimate of drug-likeness (QED) is 0.770. The van der Waals surface area contributed by atoms with Crippen molar-refractivity contribution in [2.75, 3.05) is 0 Å². The van der Waals surface area contributed by atoms with Crippen LogP contribution in [0.1, 0.15) is 36.7 Å². The van der Waals surface area contributed by atoms with E-state index in [1.54, 1.807) is 29.1 Å². The summed E-state index contributed by atoms with van der Waals surface area (Å²) in [5.41, 5.74) is 1.84. The van der Waals surface area contributed by atoms with Crippen molar-refractivity contribution in [2.24, 2.45) is 0 Å². The molecule has 0 fully saturated rings. The maximum atomic E-state index is 11.2. The average Bonchev–Trinajstić information content (AvgIpc) is 2.81. The molecule has 1 unspecified atom stereocenters. The SMILES string of the molecule is CCC(C)n1cc(C=O)c(-c2ccc(Cl)cc2Cl)n1. The lowest BCUT2D eigenvalue weighted by Crippen LogP contribution is -2.04. The summed E-state index contributed by atoms with van der Waals surface area (Å²) in [6.07, 6.45) is 3.49. The first-order valence-electron chi connectivity index (χ1n) is 6.06. The first-order chi connectivity index (χ1) is 9.06. The number of rotatable bonds is 4. The highest BCUT2D eigenvalue weighted by Crippen LogP contribution is 2.31. The van der Waals surface area contributed by atoms with Crippen molar-refractivity contribution in [2.45, 2.75) is 26.3 Å². The summed E-state index contributed by atoms with van der Waals surface area (Å²) in [5.74, 6) is 0. The Morgan fingerprint density at radius 2 is 2.16 bits per heavy atom. The molecule has 1 atom stereocenters. The van der Waals surface area contributed by atoms with Gasteiger partial charge >= 0.3 is 0 Å². The highest BCUT2D eigenvalue weighted by atomic mass is 35.5. The lowest BCUT2D eigenvalue weighted by Gasteiger charge is -2.08. The number of aromatic nitrogens is 2. The van der Waals surface area contributed by atoms with Crippen molar-refractivity contribution in [3.63, 3.8) is 0 Å². The minimum atomic E-state index is 0.235.